The molecule has 0 aliphatic rings. The summed E-state index contributed by atoms with van der Waals surface area (Å²) in [4.78, 5) is 12.1. The Kier molecular flexibility index (Phi) is 4.10. The number of ether oxygens (including phenoxy) is 1. The van der Waals surface area contributed by atoms with Gasteiger partial charge in [0.25, 0.3) is 5.91 Å². The van der Waals surface area contributed by atoms with Gasteiger partial charge in [0.1, 0.15) is 0 Å². The van der Waals surface area contributed by atoms with E-state index in [-0.39, 0.29) is 11.3 Å². The average molecular weight is 295 g/mol. The van der Waals surface area contributed by atoms with Crippen molar-refractivity contribution in [1.82, 2.24) is 0 Å². The van der Waals surface area contributed by atoms with Crippen LogP contribution in [0.4, 0.5) is 15.8 Å². The highest BCUT2D eigenvalue weighted by atomic mass is 35.5. The zero-order valence-electron chi connectivity index (χ0n) is 10.6. The van der Waals surface area contributed by atoms with Gasteiger partial charge in [0, 0.05) is 11.3 Å². The van der Waals surface area contributed by atoms with Gasteiger partial charge in [-0.1, -0.05) is 11.6 Å². The average Bonchev–Trinajstić information content (AvgIpc) is 2.42. The number of rotatable bonds is 3. The van der Waals surface area contributed by atoms with Crippen molar-refractivity contribution < 1.29 is 13.9 Å². The maximum atomic E-state index is 13.3. The molecule has 0 aliphatic heterocycles. The van der Waals surface area contributed by atoms with Crippen molar-refractivity contribution in [3.05, 3.63) is 52.8 Å². The van der Waals surface area contributed by atoms with E-state index in [4.69, 9.17) is 22.1 Å². The van der Waals surface area contributed by atoms with Crippen molar-refractivity contribution in [1.29, 1.82) is 0 Å². The van der Waals surface area contributed by atoms with Crippen LogP contribution in [0, 0.1) is 5.82 Å². The van der Waals surface area contributed by atoms with Crippen molar-refractivity contribution in [2.24, 2.45) is 0 Å². The summed E-state index contributed by atoms with van der Waals surface area (Å²) in [6, 6.07) is 8.58. The van der Waals surface area contributed by atoms with E-state index < -0.39 is 11.7 Å². The number of anilines is 2. The maximum Gasteiger partial charge on any atom is 0.255 e. The third-order valence-corrected chi connectivity index (χ3v) is 2.97. The monoisotopic (exact) mass is 294 g/mol. The van der Waals surface area contributed by atoms with Crippen LogP contribution in [0.15, 0.2) is 36.4 Å². The van der Waals surface area contributed by atoms with Crippen molar-refractivity contribution >= 4 is 28.9 Å². The third kappa shape index (κ3) is 3.00. The lowest BCUT2D eigenvalue weighted by Crippen LogP contribution is -2.12. The smallest absolute Gasteiger partial charge is 0.255 e. The number of halogens is 2. The minimum Gasteiger partial charge on any atom is -0.494 e. The number of carbonyl (C=O) groups excluding carboxylic acids is 1. The van der Waals surface area contributed by atoms with Gasteiger partial charge in [-0.2, -0.15) is 0 Å². The molecule has 0 saturated heterocycles. The Morgan fingerprint density at radius 1 is 1.30 bits per heavy atom. The standard InChI is InChI=1S/C14H12ClFN2O2/c1-20-13-6-8(2-4-11(13)16)14(19)18-12-5-3-9(17)7-10(12)15/h2-7H,17H2,1H3,(H,18,19). The molecule has 0 bridgehead atoms. The number of hydrogen-bond acceptors (Lipinski definition) is 3. The lowest BCUT2D eigenvalue weighted by Gasteiger charge is -2.09. The Labute approximate surface area is 120 Å². The number of nitrogen functional groups attached to an aromatic ring is 1. The zero-order valence-corrected chi connectivity index (χ0v) is 11.4. The first-order valence-corrected chi connectivity index (χ1v) is 6.09. The normalized spacial score (nSPS) is 10.2. The quantitative estimate of drug-likeness (QED) is 0.854. The lowest BCUT2D eigenvalue weighted by molar-refractivity contribution is 0.102. The predicted octanol–water partition coefficient (Wildman–Crippen LogP) is 3.32. The summed E-state index contributed by atoms with van der Waals surface area (Å²) in [6.45, 7) is 0. The molecule has 0 aromatic heterocycles. The molecule has 104 valence electrons. The van der Waals surface area contributed by atoms with Gasteiger partial charge in [-0.05, 0) is 36.4 Å². The predicted molar refractivity (Wildman–Crippen MR) is 76.8 cm³/mol. The molecule has 4 nitrogen and oxygen atoms in total. The highest BCUT2D eigenvalue weighted by Crippen LogP contribution is 2.25. The van der Waals surface area contributed by atoms with Gasteiger partial charge >= 0.3 is 0 Å². The molecule has 2 rings (SSSR count). The number of hydrogen-bond donors (Lipinski definition) is 2. The number of amides is 1. The van der Waals surface area contributed by atoms with E-state index in [9.17, 15) is 9.18 Å². The Bertz CT molecular complexity index is 662. The van der Waals surface area contributed by atoms with E-state index in [0.717, 1.165) is 0 Å². The molecule has 0 aliphatic carbocycles. The molecule has 0 saturated carbocycles. The molecular formula is C14H12ClFN2O2. The van der Waals surface area contributed by atoms with Crippen LogP contribution in [-0.4, -0.2) is 13.0 Å². The second kappa shape index (κ2) is 5.79. The van der Waals surface area contributed by atoms with Crippen LogP contribution in [0.3, 0.4) is 0 Å². The van der Waals surface area contributed by atoms with Gasteiger partial charge in [0.2, 0.25) is 0 Å². The summed E-state index contributed by atoms with van der Waals surface area (Å²) in [5, 5.41) is 2.95. The summed E-state index contributed by atoms with van der Waals surface area (Å²) >= 11 is 5.97. The summed E-state index contributed by atoms with van der Waals surface area (Å²) in [5.74, 6) is -0.953. The number of methoxy groups -OCH3 is 1. The summed E-state index contributed by atoms with van der Waals surface area (Å²) in [7, 11) is 1.33. The van der Waals surface area contributed by atoms with Crippen molar-refractivity contribution in [2.75, 3.05) is 18.2 Å². The molecule has 0 fully saturated rings. The summed E-state index contributed by atoms with van der Waals surface area (Å²) in [5.41, 5.74) is 6.75. The van der Waals surface area contributed by atoms with Gasteiger partial charge in [-0.15, -0.1) is 0 Å². The number of nitrogens with two attached hydrogens (primary N) is 1. The van der Waals surface area contributed by atoms with Gasteiger partial charge in [-0.3, -0.25) is 4.79 Å². The van der Waals surface area contributed by atoms with Crippen LogP contribution in [-0.2, 0) is 0 Å². The molecule has 6 heteroatoms. The van der Waals surface area contributed by atoms with Gasteiger partial charge in [-0.25, -0.2) is 4.39 Å². The zero-order chi connectivity index (χ0) is 14.7. The topological polar surface area (TPSA) is 64.3 Å². The molecule has 0 radical (unpaired) electrons. The van der Waals surface area contributed by atoms with Crippen LogP contribution >= 0.6 is 11.6 Å². The van der Waals surface area contributed by atoms with Gasteiger partial charge in [0.15, 0.2) is 11.6 Å². The summed E-state index contributed by atoms with van der Waals surface area (Å²) < 4.78 is 18.1. The van der Waals surface area contributed by atoms with E-state index in [1.807, 2.05) is 0 Å². The SMILES string of the molecule is COc1cc(C(=O)Nc2ccc(N)cc2Cl)ccc1F. The molecule has 3 N–H and O–H groups in total. The minimum absolute atomic E-state index is 0.000975. The Balaban J connectivity index is 2.24. The number of nitrogens with one attached hydrogen (secondary N) is 1. The highest BCUT2D eigenvalue weighted by Gasteiger charge is 2.12. The maximum absolute atomic E-state index is 13.3. The molecule has 0 heterocycles. The van der Waals surface area contributed by atoms with E-state index in [2.05, 4.69) is 5.32 Å². The van der Waals surface area contributed by atoms with Crippen LogP contribution < -0.4 is 15.8 Å². The molecule has 0 atom stereocenters. The van der Waals surface area contributed by atoms with Crippen molar-refractivity contribution in [3.8, 4) is 5.75 Å². The second-order valence-corrected chi connectivity index (χ2v) is 4.45. The number of benzene rings is 2. The largest absolute Gasteiger partial charge is 0.494 e. The van der Waals surface area contributed by atoms with E-state index in [1.54, 1.807) is 12.1 Å². The van der Waals surface area contributed by atoms with Crippen molar-refractivity contribution in [2.45, 2.75) is 0 Å². The highest BCUT2D eigenvalue weighted by molar-refractivity contribution is 6.34. The second-order valence-electron chi connectivity index (χ2n) is 4.04. The fraction of sp³-hybridized carbons (Fsp3) is 0.0714. The Hall–Kier alpha value is -2.27. The summed E-state index contributed by atoms with van der Waals surface area (Å²) in [6.07, 6.45) is 0. The third-order valence-electron chi connectivity index (χ3n) is 2.65. The first-order chi connectivity index (χ1) is 9.51. The fourth-order valence-electron chi connectivity index (χ4n) is 1.63. The molecule has 1 amide bonds. The first kappa shape index (κ1) is 14.1. The molecular weight excluding hydrogens is 283 g/mol. The van der Waals surface area contributed by atoms with E-state index >= 15 is 0 Å². The van der Waals surface area contributed by atoms with Gasteiger partial charge < -0.3 is 15.8 Å². The molecule has 0 spiro atoms. The van der Waals surface area contributed by atoms with Crippen LogP contribution in [0.2, 0.25) is 5.02 Å². The molecule has 20 heavy (non-hydrogen) atoms. The molecule has 2 aromatic carbocycles. The molecule has 0 unspecified atom stereocenters. The minimum atomic E-state index is -0.533. The van der Waals surface area contributed by atoms with E-state index in [1.165, 1.54) is 31.4 Å². The van der Waals surface area contributed by atoms with Crippen molar-refractivity contribution in [3.63, 3.8) is 0 Å². The Morgan fingerprint density at radius 2 is 2.05 bits per heavy atom. The Morgan fingerprint density at radius 3 is 2.70 bits per heavy atom. The fourth-order valence-corrected chi connectivity index (χ4v) is 1.86. The van der Waals surface area contributed by atoms with Crippen LogP contribution in [0.25, 0.3) is 0 Å². The van der Waals surface area contributed by atoms with E-state index in [0.29, 0.717) is 16.4 Å². The van der Waals surface area contributed by atoms with Crippen LogP contribution in [0.1, 0.15) is 10.4 Å². The van der Waals surface area contributed by atoms with Gasteiger partial charge in [0.05, 0.1) is 17.8 Å². The molecule has 2 aromatic rings. The van der Waals surface area contributed by atoms with Crippen LogP contribution in [0.5, 0.6) is 5.75 Å². The number of carbonyl (C=O) groups is 1. The first-order valence-electron chi connectivity index (χ1n) is 5.71. The lowest BCUT2D eigenvalue weighted by atomic mass is 10.2.